The molecule has 0 radical (unpaired) electrons. The van der Waals surface area contributed by atoms with Crippen LogP contribution in [0.2, 0.25) is 0 Å². The molecule has 2 rings (SSSR count). The zero-order valence-corrected chi connectivity index (χ0v) is 17.7. The molecule has 0 spiro atoms. The van der Waals surface area contributed by atoms with Gasteiger partial charge in [-0.3, -0.25) is 9.69 Å². The SMILES string of the molecule is CC.CC.CC1CCCC(OC(=O)CN2CCCCC2)C1.CCC. The Hall–Kier alpha value is -0.570. The van der Waals surface area contributed by atoms with Crippen LogP contribution >= 0.6 is 0 Å². The minimum absolute atomic E-state index is 0.00833. The summed E-state index contributed by atoms with van der Waals surface area (Å²) in [6.07, 6.45) is 9.84. The van der Waals surface area contributed by atoms with Crippen molar-refractivity contribution >= 4 is 5.97 Å². The van der Waals surface area contributed by atoms with Gasteiger partial charge >= 0.3 is 5.97 Å². The molecule has 1 saturated carbocycles. The zero-order valence-electron chi connectivity index (χ0n) is 17.7. The molecule has 2 unspecified atom stereocenters. The Labute approximate surface area is 152 Å². The largest absolute Gasteiger partial charge is 0.461 e. The van der Waals surface area contributed by atoms with Gasteiger partial charge in [-0.15, -0.1) is 0 Å². The van der Waals surface area contributed by atoms with Gasteiger partial charge in [0.15, 0.2) is 0 Å². The molecule has 146 valence electrons. The van der Waals surface area contributed by atoms with Crippen LogP contribution in [0.1, 0.15) is 99.8 Å². The quantitative estimate of drug-likeness (QED) is 0.583. The van der Waals surface area contributed by atoms with E-state index in [1.54, 1.807) is 0 Å². The first-order valence-corrected chi connectivity index (χ1v) is 10.6. The normalized spacial score (nSPS) is 23.3. The zero-order chi connectivity index (χ0) is 18.8. The van der Waals surface area contributed by atoms with E-state index in [2.05, 4.69) is 25.7 Å². The Morgan fingerprint density at radius 2 is 1.50 bits per heavy atom. The van der Waals surface area contributed by atoms with Crippen molar-refractivity contribution in [3.8, 4) is 0 Å². The number of likely N-dealkylation sites (tertiary alicyclic amines) is 1. The molecule has 0 aromatic carbocycles. The second-order valence-corrected chi connectivity index (χ2v) is 6.43. The van der Waals surface area contributed by atoms with E-state index in [1.165, 1.54) is 38.5 Å². The van der Waals surface area contributed by atoms with Crippen LogP contribution in [0.5, 0.6) is 0 Å². The van der Waals surface area contributed by atoms with Crippen LogP contribution in [-0.2, 0) is 9.53 Å². The third-order valence-corrected chi connectivity index (χ3v) is 3.99. The number of piperidine rings is 1. The predicted molar refractivity (Wildman–Crippen MR) is 106 cm³/mol. The molecular weight excluding hydrogens is 298 g/mol. The van der Waals surface area contributed by atoms with Gasteiger partial charge in [-0.25, -0.2) is 0 Å². The molecule has 2 atom stereocenters. The van der Waals surface area contributed by atoms with Gasteiger partial charge in [0.25, 0.3) is 0 Å². The molecule has 2 fully saturated rings. The summed E-state index contributed by atoms with van der Waals surface area (Å²) in [4.78, 5) is 14.1. The van der Waals surface area contributed by atoms with Crippen LogP contribution in [0, 0.1) is 5.92 Å². The number of ether oxygens (including phenoxy) is 1. The topological polar surface area (TPSA) is 29.5 Å². The van der Waals surface area contributed by atoms with Gasteiger partial charge in [-0.2, -0.15) is 0 Å². The predicted octanol–water partition coefficient (Wildman–Crippen LogP) is 6.06. The van der Waals surface area contributed by atoms with Crippen LogP contribution in [0.25, 0.3) is 0 Å². The minimum Gasteiger partial charge on any atom is -0.461 e. The van der Waals surface area contributed by atoms with Crippen molar-refractivity contribution < 1.29 is 9.53 Å². The molecule has 1 aliphatic heterocycles. The van der Waals surface area contributed by atoms with Gasteiger partial charge in [0.1, 0.15) is 6.10 Å². The third-order valence-electron chi connectivity index (χ3n) is 3.99. The average Bonchev–Trinajstić information content (AvgIpc) is 2.60. The fraction of sp³-hybridized carbons (Fsp3) is 0.952. The molecule has 0 bridgehead atoms. The Kier molecular flexibility index (Phi) is 20.1. The second kappa shape index (κ2) is 18.8. The highest BCUT2D eigenvalue weighted by molar-refractivity contribution is 5.71. The van der Waals surface area contributed by atoms with E-state index in [4.69, 9.17) is 4.74 Å². The Balaban J connectivity index is 0. The number of hydrogen-bond acceptors (Lipinski definition) is 3. The first kappa shape index (κ1) is 25.7. The summed E-state index contributed by atoms with van der Waals surface area (Å²) in [5, 5.41) is 0. The van der Waals surface area contributed by atoms with E-state index < -0.39 is 0 Å². The molecule has 2 aliphatic rings. The number of rotatable bonds is 3. The summed E-state index contributed by atoms with van der Waals surface area (Å²) < 4.78 is 5.58. The number of carbonyl (C=O) groups is 1. The first-order chi connectivity index (χ1) is 11.7. The van der Waals surface area contributed by atoms with Crippen LogP contribution in [-0.4, -0.2) is 36.6 Å². The van der Waals surface area contributed by atoms with E-state index in [-0.39, 0.29) is 12.1 Å². The van der Waals surface area contributed by atoms with Crippen molar-refractivity contribution in [2.45, 2.75) is 106 Å². The molecule has 0 aromatic rings. The van der Waals surface area contributed by atoms with Gasteiger partial charge in [0.05, 0.1) is 6.54 Å². The number of hydrogen-bond donors (Lipinski definition) is 0. The lowest BCUT2D eigenvalue weighted by atomic mass is 9.89. The van der Waals surface area contributed by atoms with Gasteiger partial charge in [0.2, 0.25) is 0 Å². The molecular formula is C21H45NO2. The maximum atomic E-state index is 11.8. The third kappa shape index (κ3) is 13.8. The van der Waals surface area contributed by atoms with E-state index in [0.29, 0.717) is 6.54 Å². The first-order valence-electron chi connectivity index (χ1n) is 10.6. The average molecular weight is 344 g/mol. The van der Waals surface area contributed by atoms with Crippen LogP contribution in [0.15, 0.2) is 0 Å². The highest BCUT2D eigenvalue weighted by atomic mass is 16.5. The lowest BCUT2D eigenvalue weighted by Crippen LogP contribution is -2.37. The van der Waals surface area contributed by atoms with Crippen molar-refractivity contribution in [2.24, 2.45) is 5.92 Å². The van der Waals surface area contributed by atoms with E-state index in [9.17, 15) is 4.79 Å². The Morgan fingerprint density at radius 1 is 0.958 bits per heavy atom. The standard InChI is InChI=1S/C14H25NO2.C3H8.2C2H6/c1-12-6-5-7-13(10-12)17-14(16)11-15-8-3-2-4-9-15;1-3-2;2*1-2/h12-13H,2-11H2,1H3;3H2,1-2H3;2*1-2H3. The molecule has 0 aromatic heterocycles. The fourth-order valence-electron chi connectivity index (χ4n) is 3.01. The molecule has 1 heterocycles. The van der Waals surface area contributed by atoms with Gasteiger partial charge < -0.3 is 4.74 Å². The summed E-state index contributed by atoms with van der Waals surface area (Å²) in [6, 6.07) is 0. The van der Waals surface area contributed by atoms with Gasteiger partial charge in [0, 0.05) is 0 Å². The maximum Gasteiger partial charge on any atom is 0.320 e. The smallest absolute Gasteiger partial charge is 0.320 e. The second-order valence-electron chi connectivity index (χ2n) is 6.43. The summed E-state index contributed by atoms with van der Waals surface area (Å²) in [6.45, 7) is 17.1. The number of nitrogens with zero attached hydrogens (tertiary/aromatic N) is 1. The van der Waals surface area contributed by atoms with Gasteiger partial charge in [-0.1, -0.05) is 67.7 Å². The van der Waals surface area contributed by atoms with E-state index in [1.807, 2.05) is 27.7 Å². The van der Waals surface area contributed by atoms with Crippen molar-refractivity contribution in [3.63, 3.8) is 0 Å². The lowest BCUT2D eigenvalue weighted by molar-refractivity contribution is -0.152. The van der Waals surface area contributed by atoms with Crippen molar-refractivity contribution in [1.82, 2.24) is 4.90 Å². The minimum atomic E-state index is -0.00833. The fourth-order valence-corrected chi connectivity index (χ4v) is 3.01. The molecule has 1 aliphatic carbocycles. The van der Waals surface area contributed by atoms with E-state index >= 15 is 0 Å². The number of esters is 1. The van der Waals surface area contributed by atoms with E-state index in [0.717, 1.165) is 31.8 Å². The maximum absolute atomic E-state index is 11.8. The van der Waals surface area contributed by atoms with Crippen LogP contribution < -0.4 is 0 Å². The molecule has 3 nitrogen and oxygen atoms in total. The lowest BCUT2D eigenvalue weighted by Gasteiger charge is -2.29. The molecule has 0 amide bonds. The van der Waals surface area contributed by atoms with Crippen molar-refractivity contribution in [3.05, 3.63) is 0 Å². The summed E-state index contributed by atoms with van der Waals surface area (Å²) in [5.41, 5.74) is 0. The summed E-state index contributed by atoms with van der Waals surface area (Å²) in [7, 11) is 0. The molecule has 3 heteroatoms. The summed E-state index contributed by atoms with van der Waals surface area (Å²) in [5.74, 6) is 0.711. The van der Waals surface area contributed by atoms with Crippen molar-refractivity contribution in [1.29, 1.82) is 0 Å². The molecule has 0 N–H and O–H groups in total. The highest BCUT2D eigenvalue weighted by Crippen LogP contribution is 2.25. The summed E-state index contributed by atoms with van der Waals surface area (Å²) >= 11 is 0. The van der Waals surface area contributed by atoms with Crippen LogP contribution in [0.3, 0.4) is 0 Å². The van der Waals surface area contributed by atoms with Crippen LogP contribution in [0.4, 0.5) is 0 Å². The van der Waals surface area contributed by atoms with Gasteiger partial charge in [-0.05, 0) is 51.1 Å². The monoisotopic (exact) mass is 343 g/mol. The molecule has 1 saturated heterocycles. The number of carbonyl (C=O) groups excluding carboxylic acids is 1. The Bertz CT molecular complexity index is 263. The molecule has 24 heavy (non-hydrogen) atoms. The highest BCUT2D eigenvalue weighted by Gasteiger charge is 2.23. The Morgan fingerprint density at radius 3 is 2.00 bits per heavy atom. The van der Waals surface area contributed by atoms with Crippen molar-refractivity contribution in [2.75, 3.05) is 19.6 Å².